The fraction of sp³-hybridized carbons (Fsp3) is 1.00. The van der Waals surface area contributed by atoms with Crippen LogP contribution in [0.4, 0.5) is 0 Å². The van der Waals surface area contributed by atoms with Gasteiger partial charge in [0.2, 0.25) is 0 Å². The first-order valence-corrected chi connectivity index (χ1v) is 4.34. The maximum absolute atomic E-state index is 9.41. The number of nitrogens with two attached hydrogens (primary N) is 1. The summed E-state index contributed by atoms with van der Waals surface area (Å²) in [7, 11) is 0. The Hall–Kier alpha value is -0.120. The molecule has 0 spiro atoms. The maximum Gasteiger partial charge on any atom is 0.0590 e. The van der Waals surface area contributed by atoms with Gasteiger partial charge in [-0.2, -0.15) is 0 Å². The molecule has 3 heteroatoms. The van der Waals surface area contributed by atoms with E-state index in [1.54, 1.807) is 0 Å². The Kier molecular flexibility index (Phi) is 3.30. The van der Waals surface area contributed by atoms with Crippen LogP contribution in [0.5, 0.6) is 0 Å². The van der Waals surface area contributed by atoms with E-state index in [1.165, 1.54) is 0 Å². The van der Waals surface area contributed by atoms with Crippen LogP contribution in [-0.4, -0.2) is 42.3 Å². The van der Waals surface area contributed by atoms with Gasteiger partial charge in [0.25, 0.3) is 0 Å². The highest BCUT2D eigenvalue weighted by atomic mass is 16.3. The van der Waals surface area contributed by atoms with E-state index >= 15 is 0 Å². The van der Waals surface area contributed by atoms with Crippen LogP contribution in [0.15, 0.2) is 0 Å². The highest BCUT2D eigenvalue weighted by molar-refractivity contribution is 4.76. The van der Waals surface area contributed by atoms with Crippen molar-refractivity contribution in [3.8, 4) is 0 Å². The van der Waals surface area contributed by atoms with Crippen LogP contribution in [0.2, 0.25) is 0 Å². The quantitative estimate of drug-likeness (QED) is 0.577. The molecule has 0 aromatic carbocycles. The third-order valence-corrected chi connectivity index (χ3v) is 2.39. The molecule has 3 N–H and O–H groups in total. The summed E-state index contributed by atoms with van der Waals surface area (Å²) in [6.07, 6.45) is 0.810. The Morgan fingerprint density at radius 3 is 2.91 bits per heavy atom. The smallest absolute Gasteiger partial charge is 0.0590 e. The lowest BCUT2D eigenvalue weighted by Gasteiger charge is -2.33. The molecule has 3 nitrogen and oxygen atoms in total. The number of nitrogens with zero attached hydrogens (tertiary/aromatic N) is 1. The molecule has 0 bridgehead atoms. The first kappa shape index (κ1) is 8.97. The van der Waals surface area contributed by atoms with E-state index in [2.05, 4.69) is 11.8 Å². The second kappa shape index (κ2) is 4.04. The van der Waals surface area contributed by atoms with Gasteiger partial charge in [-0.25, -0.2) is 0 Å². The van der Waals surface area contributed by atoms with Crippen molar-refractivity contribution in [1.29, 1.82) is 0 Å². The summed E-state index contributed by atoms with van der Waals surface area (Å²) in [5, 5.41) is 9.41. The fourth-order valence-corrected chi connectivity index (χ4v) is 1.61. The highest BCUT2D eigenvalue weighted by Gasteiger charge is 2.22. The Morgan fingerprint density at radius 1 is 1.64 bits per heavy atom. The Labute approximate surface area is 68.2 Å². The topological polar surface area (TPSA) is 49.5 Å². The van der Waals surface area contributed by atoms with Gasteiger partial charge in [0.05, 0.1) is 6.10 Å². The van der Waals surface area contributed by atoms with Crippen LogP contribution >= 0.6 is 0 Å². The molecule has 1 heterocycles. The number of hydrogen-bond donors (Lipinski definition) is 2. The van der Waals surface area contributed by atoms with Crippen molar-refractivity contribution in [1.82, 2.24) is 4.90 Å². The molecule has 1 fully saturated rings. The van der Waals surface area contributed by atoms with Crippen molar-refractivity contribution < 1.29 is 5.11 Å². The number of hydrogen-bond acceptors (Lipinski definition) is 3. The minimum absolute atomic E-state index is 0.0935. The third-order valence-electron chi connectivity index (χ3n) is 2.39. The van der Waals surface area contributed by atoms with Gasteiger partial charge in [0.15, 0.2) is 0 Å². The fourth-order valence-electron chi connectivity index (χ4n) is 1.61. The van der Waals surface area contributed by atoms with Crippen molar-refractivity contribution in [3.05, 3.63) is 0 Å². The van der Waals surface area contributed by atoms with Crippen LogP contribution < -0.4 is 5.73 Å². The van der Waals surface area contributed by atoms with Gasteiger partial charge in [-0.3, -0.25) is 0 Å². The molecule has 1 aliphatic heterocycles. The van der Waals surface area contributed by atoms with Crippen LogP contribution in [0.3, 0.4) is 0 Å². The molecule has 0 amide bonds. The molecule has 0 aromatic rings. The predicted octanol–water partition coefficient (Wildman–Crippen LogP) is -0.352. The van der Waals surface area contributed by atoms with Gasteiger partial charge in [-0.15, -0.1) is 0 Å². The average Bonchev–Trinajstić information content (AvgIpc) is 1.98. The SMILES string of the molecule is C[C@H]1CN(CCN)CC[C@H]1O. The van der Waals surface area contributed by atoms with Gasteiger partial charge < -0.3 is 15.7 Å². The largest absolute Gasteiger partial charge is 0.393 e. The summed E-state index contributed by atoms with van der Waals surface area (Å²) in [4.78, 5) is 2.32. The van der Waals surface area contributed by atoms with Gasteiger partial charge >= 0.3 is 0 Å². The first-order chi connectivity index (χ1) is 5.24. The molecule has 0 radical (unpaired) electrons. The Bertz CT molecular complexity index is 119. The number of likely N-dealkylation sites (tertiary alicyclic amines) is 1. The van der Waals surface area contributed by atoms with E-state index in [-0.39, 0.29) is 6.10 Å². The monoisotopic (exact) mass is 158 g/mol. The lowest BCUT2D eigenvalue weighted by atomic mass is 9.97. The minimum atomic E-state index is -0.0935. The van der Waals surface area contributed by atoms with E-state index in [0.717, 1.165) is 32.6 Å². The van der Waals surface area contributed by atoms with E-state index in [1.807, 2.05) is 0 Å². The van der Waals surface area contributed by atoms with Crippen LogP contribution in [0.25, 0.3) is 0 Å². The summed E-state index contributed by atoms with van der Waals surface area (Å²) in [6.45, 7) is 5.79. The number of aliphatic hydroxyl groups is 1. The van der Waals surface area contributed by atoms with Crippen molar-refractivity contribution in [2.45, 2.75) is 19.4 Å². The van der Waals surface area contributed by atoms with Crippen LogP contribution in [0, 0.1) is 5.92 Å². The summed E-state index contributed by atoms with van der Waals surface area (Å²) < 4.78 is 0. The number of rotatable bonds is 2. The Morgan fingerprint density at radius 2 is 2.36 bits per heavy atom. The molecule has 66 valence electrons. The molecule has 2 atom stereocenters. The third kappa shape index (κ3) is 2.43. The van der Waals surface area contributed by atoms with Crippen molar-refractivity contribution >= 4 is 0 Å². The molecule has 1 aliphatic rings. The molecule has 1 rings (SSSR count). The van der Waals surface area contributed by atoms with Gasteiger partial charge in [-0.05, 0) is 12.3 Å². The number of aliphatic hydroxyl groups excluding tert-OH is 1. The predicted molar refractivity (Wildman–Crippen MR) is 45.3 cm³/mol. The molecule has 1 saturated heterocycles. The van der Waals surface area contributed by atoms with Gasteiger partial charge in [-0.1, -0.05) is 6.92 Å². The molecule has 0 aromatic heterocycles. The van der Waals surface area contributed by atoms with Crippen molar-refractivity contribution in [3.63, 3.8) is 0 Å². The van der Waals surface area contributed by atoms with Crippen LogP contribution in [-0.2, 0) is 0 Å². The van der Waals surface area contributed by atoms with E-state index in [0.29, 0.717) is 5.92 Å². The summed E-state index contributed by atoms with van der Waals surface area (Å²) in [5.41, 5.74) is 5.44. The molecule has 0 aliphatic carbocycles. The van der Waals surface area contributed by atoms with E-state index in [9.17, 15) is 5.11 Å². The Balaban J connectivity index is 2.28. The van der Waals surface area contributed by atoms with Gasteiger partial charge in [0, 0.05) is 26.2 Å². The van der Waals surface area contributed by atoms with Crippen LogP contribution in [0.1, 0.15) is 13.3 Å². The zero-order chi connectivity index (χ0) is 8.27. The van der Waals surface area contributed by atoms with E-state index in [4.69, 9.17) is 5.73 Å². The first-order valence-electron chi connectivity index (χ1n) is 4.34. The zero-order valence-electron chi connectivity index (χ0n) is 7.16. The average molecular weight is 158 g/mol. The summed E-state index contributed by atoms with van der Waals surface area (Å²) in [5.74, 6) is 0.412. The molecule has 11 heavy (non-hydrogen) atoms. The minimum Gasteiger partial charge on any atom is -0.393 e. The standard InChI is InChI=1S/C8H18N2O/c1-7-6-10(5-3-9)4-2-8(7)11/h7-8,11H,2-6,9H2,1H3/t7-,8+/m0/s1. The van der Waals surface area contributed by atoms with Crippen molar-refractivity contribution in [2.24, 2.45) is 11.7 Å². The summed E-state index contributed by atoms with van der Waals surface area (Å²) >= 11 is 0. The highest BCUT2D eigenvalue weighted by Crippen LogP contribution is 2.15. The molecular formula is C8H18N2O. The number of piperidine rings is 1. The normalized spacial score (nSPS) is 34.1. The van der Waals surface area contributed by atoms with Crippen molar-refractivity contribution in [2.75, 3.05) is 26.2 Å². The van der Waals surface area contributed by atoms with Gasteiger partial charge in [0.1, 0.15) is 0 Å². The second-order valence-electron chi connectivity index (χ2n) is 3.42. The second-order valence-corrected chi connectivity index (χ2v) is 3.42. The molecule has 0 saturated carbocycles. The molecular weight excluding hydrogens is 140 g/mol. The lowest BCUT2D eigenvalue weighted by Crippen LogP contribution is -2.43. The zero-order valence-corrected chi connectivity index (χ0v) is 7.16. The summed E-state index contributed by atoms with van der Waals surface area (Å²) in [6, 6.07) is 0. The molecule has 0 unspecified atom stereocenters. The lowest BCUT2D eigenvalue weighted by molar-refractivity contribution is 0.0363. The van der Waals surface area contributed by atoms with E-state index < -0.39 is 0 Å². The maximum atomic E-state index is 9.41.